The van der Waals surface area contributed by atoms with Crippen LogP contribution >= 0.6 is 15.9 Å². The Morgan fingerprint density at radius 1 is 1.04 bits per heavy atom. The lowest BCUT2D eigenvalue weighted by atomic mass is 9.96. The highest BCUT2D eigenvalue weighted by Crippen LogP contribution is 2.37. The Morgan fingerprint density at radius 3 is 2.33 bits per heavy atom. The molecule has 5 heteroatoms. The standard InChI is InChI=1S/C19H23BrO4/c1-22-18-10-16(17(20)11-19(18)23-2)15(8-9-21)13-24-12-14-6-4-3-5-7-14/h3-7,10-11,15,21H,8-9,12-13H2,1-2H3. The van der Waals surface area contributed by atoms with Crippen molar-refractivity contribution >= 4 is 15.9 Å². The second-order valence-corrected chi connectivity index (χ2v) is 6.29. The highest BCUT2D eigenvalue weighted by molar-refractivity contribution is 9.10. The molecule has 0 fully saturated rings. The van der Waals surface area contributed by atoms with Gasteiger partial charge in [0.05, 0.1) is 27.4 Å². The summed E-state index contributed by atoms with van der Waals surface area (Å²) in [5.74, 6) is 1.40. The molecule has 1 N–H and O–H groups in total. The summed E-state index contributed by atoms with van der Waals surface area (Å²) < 4.78 is 17.5. The van der Waals surface area contributed by atoms with Crippen LogP contribution in [0.2, 0.25) is 0 Å². The van der Waals surface area contributed by atoms with Crippen molar-refractivity contribution in [2.24, 2.45) is 0 Å². The first kappa shape index (κ1) is 18.8. The Labute approximate surface area is 151 Å². The summed E-state index contributed by atoms with van der Waals surface area (Å²) in [6.45, 7) is 1.16. The van der Waals surface area contributed by atoms with Gasteiger partial charge in [-0.05, 0) is 29.7 Å². The zero-order chi connectivity index (χ0) is 17.4. The van der Waals surface area contributed by atoms with Crippen molar-refractivity contribution in [3.05, 3.63) is 58.1 Å². The minimum absolute atomic E-state index is 0.0629. The Hall–Kier alpha value is -1.56. The Balaban J connectivity index is 2.11. The van der Waals surface area contributed by atoms with E-state index in [0.29, 0.717) is 31.1 Å². The van der Waals surface area contributed by atoms with E-state index in [4.69, 9.17) is 14.2 Å². The maximum Gasteiger partial charge on any atom is 0.161 e. The predicted octanol–water partition coefficient (Wildman–Crippen LogP) is 4.15. The maximum atomic E-state index is 9.41. The number of methoxy groups -OCH3 is 2. The molecule has 0 bridgehead atoms. The van der Waals surface area contributed by atoms with Crippen LogP contribution in [0.25, 0.3) is 0 Å². The van der Waals surface area contributed by atoms with Gasteiger partial charge >= 0.3 is 0 Å². The zero-order valence-corrected chi connectivity index (χ0v) is 15.6. The normalized spacial score (nSPS) is 12.0. The number of ether oxygens (including phenoxy) is 3. The van der Waals surface area contributed by atoms with Gasteiger partial charge in [-0.15, -0.1) is 0 Å². The van der Waals surface area contributed by atoms with E-state index < -0.39 is 0 Å². The molecule has 2 aromatic carbocycles. The Morgan fingerprint density at radius 2 is 1.71 bits per heavy atom. The van der Waals surface area contributed by atoms with Crippen LogP contribution in [0.5, 0.6) is 11.5 Å². The van der Waals surface area contributed by atoms with E-state index in [-0.39, 0.29) is 12.5 Å². The van der Waals surface area contributed by atoms with E-state index in [1.807, 2.05) is 42.5 Å². The summed E-state index contributed by atoms with van der Waals surface area (Å²) in [6, 6.07) is 13.9. The fraction of sp³-hybridized carbons (Fsp3) is 0.368. The summed E-state index contributed by atoms with van der Waals surface area (Å²) in [6.07, 6.45) is 0.614. The molecule has 130 valence electrons. The molecule has 0 aromatic heterocycles. The van der Waals surface area contributed by atoms with Gasteiger partial charge in [0.1, 0.15) is 0 Å². The number of aliphatic hydroxyl groups is 1. The number of benzene rings is 2. The fourth-order valence-corrected chi connectivity index (χ4v) is 3.21. The summed E-state index contributed by atoms with van der Waals surface area (Å²) >= 11 is 3.59. The molecule has 0 heterocycles. The Kier molecular flexibility index (Phi) is 7.56. The number of aliphatic hydroxyl groups excluding tert-OH is 1. The smallest absolute Gasteiger partial charge is 0.161 e. The molecular formula is C19H23BrO4. The van der Waals surface area contributed by atoms with Crippen molar-refractivity contribution in [2.75, 3.05) is 27.4 Å². The van der Waals surface area contributed by atoms with E-state index in [1.54, 1.807) is 14.2 Å². The number of rotatable bonds is 9. The lowest BCUT2D eigenvalue weighted by molar-refractivity contribution is 0.0986. The highest BCUT2D eigenvalue weighted by atomic mass is 79.9. The molecule has 4 nitrogen and oxygen atoms in total. The van der Waals surface area contributed by atoms with E-state index in [9.17, 15) is 5.11 Å². The molecule has 0 aliphatic heterocycles. The van der Waals surface area contributed by atoms with Crippen LogP contribution in [0.3, 0.4) is 0 Å². The Bertz CT molecular complexity index is 631. The minimum Gasteiger partial charge on any atom is -0.493 e. The molecule has 0 aliphatic carbocycles. The van der Waals surface area contributed by atoms with Gasteiger partial charge in [0.15, 0.2) is 11.5 Å². The van der Waals surface area contributed by atoms with Gasteiger partial charge < -0.3 is 19.3 Å². The van der Waals surface area contributed by atoms with Crippen LogP contribution in [0.1, 0.15) is 23.5 Å². The third-order valence-corrected chi connectivity index (χ3v) is 4.54. The summed E-state index contributed by atoms with van der Waals surface area (Å²) in [5, 5.41) is 9.41. The molecule has 0 saturated heterocycles. The van der Waals surface area contributed by atoms with Crippen LogP contribution in [-0.2, 0) is 11.3 Å². The first-order chi connectivity index (χ1) is 11.7. The average molecular weight is 395 g/mol. The van der Waals surface area contributed by atoms with E-state index in [1.165, 1.54) is 0 Å². The SMILES string of the molecule is COc1cc(Br)c(C(CCO)COCc2ccccc2)cc1OC. The predicted molar refractivity (Wildman–Crippen MR) is 97.8 cm³/mol. The molecule has 1 atom stereocenters. The van der Waals surface area contributed by atoms with Gasteiger partial charge in [0, 0.05) is 17.0 Å². The fourth-order valence-electron chi connectivity index (χ4n) is 2.56. The van der Waals surface area contributed by atoms with Crippen molar-refractivity contribution in [1.29, 1.82) is 0 Å². The molecule has 0 aliphatic rings. The van der Waals surface area contributed by atoms with Gasteiger partial charge in [-0.2, -0.15) is 0 Å². The molecular weight excluding hydrogens is 372 g/mol. The van der Waals surface area contributed by atoms with Crippen LogP contribution in [0, 0.1) is 0 Å². The van der Waals surface area contributed by atoms with E-state index >= 15 is 0 Å². The van der Waals surface area contributed by atoms with Crippen molar-refractivity contribution < 1.29 is 19.3 Å². The van der Waals surface area contributed by atoms with Crippen LogP contribution in [0.4, 0.5) is 0 Å². The second kappa shape index (κ2) is 9.67. The summed E-state index contributed by atoms with van der Waals surface area (Å²) in [4.78, 5) is 0. The van der Waals surface area contributed by atoms with E-state index in [2.05, 4.69) is 15.9 Å². The second-order valence-electron chi connectivity index (χ2n) is 5.44. The van der Waals surface area contributed by atoms with Crippen molar-refractivity contribution in [2.45, 2.75) is 18.9 Å². The first-order valence-corrected chi connectivity index (χ1v) is 8.62. The van der Waals surface area contributed by atoms with E-state index in [0.717, 1.165) is 15.6 Å². The van der Waals surface area contributed by atoms with Gasteiger partial charge in [0.2, 0.25) is 0 Å². The van der Waals surface area contributed by atoms with Crippen molar-refractivity contribution in [1.82, 2.24) is 0 Å². The monoisotopic (exact) mass is 394 g/mol. The molecule has 1 unspecified atom stereocenters. The summed E-state index contributed by atoms with van der Waals surface area (Å²) in [7, 11) is 3.22. The topological polar surface area (TPSA) is 47.9 Å². The first-order valence-electron chi connectivity index (χ1n) is 7.83. The van der Waals surface area contributed by atoms with Crippen molar-refractivity contribution in [3.63, 3.8) is 0 Å². The van der Waals surface area contributed by atoms with Crippen LogP contribution in [-0.4, -0.2) is 32.5 Å². The molecule has 0 radical (unpaired) electrons. The van der Waals surface area contributed by atoms with Gasteiger partial charge in [-0.3, -0.25) is 0 Å². The third kappa shape index (κ3) is 4.97. The third-order valence-electron chi connectivity index (χ3n) is 3.85. The van der Waals surface area contributed by atoms with Crippen molar-refractivity contribution in [3.8, 4) is 11.5 Å². The van der Waals surface area contributed by atoms with Gasteiger partial charge in [-0.25, -0.2) is 0 Å². The van der Waals surface area contributed by atoms with Gasteiger partial charge in [-0.1, -0.05) is 46.3 Å². The largest absolute Gasteiger partial charge is 0.493 e. The molecule has 2 aromatic rings. The molecule has 24 heavy (non-hydrogen) atoms. The highest BCUT2D eigenvalue weighted by Gasteiger charge is 2.18. The van der Waals surface area contributed by atoms with Crippen LogP contribution < -0.4 is 9.47 Å². The number of hydrogen-bond donors (Lipinski definition) is 1. The molecule has 2 rings (SSSR count). The lowest BCUT2D eigenvalue weighted by Gasteiger charge is -2.20. The number of hydrogen-bond acceptors (Lipinski definition) is 4. The quantitative estimate of drug-likeness (QED) is 0.693. The molecule has 0 spiro atoms. The summed E-state index contributed by atoms with van der Waals surface area (Å²) in [5.41, 5.74) is 2.17. The molecule has 0 amide bonds. The van der Waals surface area contributed by atoms with Crippen LogP contribution in [0.15, 0.2) is 46.9 Å². The number of halogens is 1. The zero-order valence-electron chi connectivity index (χ0n) is 14.0. The molecule has 0 saturated carbocycles. The van der Waals surface area contributed by atoms with Gasteiger partial charge in [0.25, 0.3) is 0 Å². The average Bonchev–Trinajstić information content (AvgIpc) is 2.61. The lowest BCUT2D eigenvalue weighted by Crippen LogP contribution is -2.11. The minimum atomic E-state index is 0.0629. The maximum absolute atomic E-state index is 9.41.